The van der Waals surface area contributed by atoms with Crippen molar-refractivity contribution >= 4 is 33.9 Å². The summed E-state index contributed by atoms with van der Waals surface area (Å²) >= 11 is 1.35. The third-order valence-corrected chi connectivity index (χ3v) is 6.50. The first kappa shape index (κ1) is 20.8. The van der Waals surface area contributed by atoms with Gasteiger partial charge in [-0.05, 0) is 38.5 Å². The summed E-state index contributed by atoms with van der Waals surface area (Å²) in [7, 11) is 1.57. The number of hydrogen-bond donors (Lipinski definition) is 1. The van der Waals surface area contributed by atoms with Crippen molar-refractivity contribution in [2.75, 3.05) is 12.0 Å². The Morgan fingerprint density at radius 3 is 2.23 bits per heavy atom. The minimum absolute atomic E-state index is 0.0459. The number of aryl methyl sites for hydroxylation is 3. The first-order valence-electron chi connectivity index (χ1n) is 9.78. The molecule has 1 atom stereocenters. The van der Waals surface area contributed by atoms with Gasteiger partial charge in [-0.25, -0.2) is 4.98 Å². The van der Waals surface area contributed by atoms with Crippen LogP contribution in [0.5, 0.6) is 5.75 Å². The number of methoxy groups -OCH3 is 1. The number of benzene rings is 2. The highest BCUT2D eigenvalue weighted by molar-refractivity contribution is 7.16. The van der Waals surface area contributed by atoms with Crippen LogP contribution >= 0.6 is 11.3 Å². The minimum atomic E-state index is -0.794. The second kappa shape index (κ2) is 8.00. The number of aliphatic hydroxyl groups excluding tert-OH is 1. The summed E-state index contributed by atoms with van der Waals surface area (Å²) < 4.78 is 5.24. The number of thiazole rings is 1. The molecule has 0 radical (unpaired) electrons. The molecule has 1 aromatic heterocycles. The normalized spacial score (nSPS) is 17.9. The minimum Gasteiger partial charge on any atom is -0.507 e. The monoisotopic (exact) mass is 434 g/mol. The van der Waals surface area contributed by atoms with Crippen LogP contribution in [-0.2, 0) is 9.59 Å². The fraction of sp³-hybridized carbons (Fsp3) is 0.208. The van der Waals surface area contributed by atoms with Gasteiger partial charge in [0.15, 0.2) is 5.13 Å². The van der Waals surface area contributed by atoms with Gasteiger partial charge >= 0.3 is 5.91 Å². The second-order valence-corrected chi connectivity index (χ2v) is 8.63. The Bertz CT molecular complexity index is 1170. The highest BCUT2D eigenvalue weighted by Gasteiger charge is 2.48. The molecule has 0 aliphatic carbocycles. The topological polar surface area (TPSA) is 79.7 Å². The maximum Gasteiger partial charge on any atom is 0.301 e. The molecule has 158 valence electrons. The fourth-order valence-corrected chi connectivity index (χ4v) is 4.49. The van der Waals surface area contributed by atoms with E-state index < -0.39 is 17.7 Å². The van der Waals surface area contributed by atoms with Crippen molar-refractivity contribution in [3.05, 3.63) is 81.4 Å². The summed E-state index contributed by atoms with van der Waals surface area (Å²) in [4.78, 5) is 33.1. The van der Waals surface area contributed by atoms with E-state index in [0.717, 1.165) is 16.1 Å². The van der Waals surface area contributed by atoms with Crippen LogP contribution in [0.25, 0.3) is 5.76 Å². The smallest absolute Gasteiger partial charge is 0.301 e. The van der Waals surface area contributed by atoms with E-state index >= 15 is 0 Å². The highest BCUT2D eigenvalue weighted by Crippen LogP contribution is 2.43. The SMILES string of the molecule is COc1ccc(C2/C(=C(\O)c3ccc(C)cc3)C(=O)C(=O)N2c2nc(C)c(C)s2)cc1. The Balaban J connectivity index is 1.93. The molecular weight excluding hydrogens is 412 g/mol. The number of anilines is 1. The molecule has 6 nitrogen and oxygen atoms in total. The van der Waals surface area contributed by atoms with E-state index in [0.29, 0.717) is 22.0 Å². The molecule has 1 unspecified atom stereocenters. The van der Waals surface area contributed by atoms with Crippen LogP contribution in [0.15, 0.2) is 54.1 Å². The van der Waals surface area contributed by atoms with Crippen molar-refractivity contribution in [1.29, 1.82) is 0 Å². The average Bonchev–Trinajstić information content (AvgIpc) is 3.23. The summed E-state index contributed by atoms with van der Waals surface area (Å²) in [6.07, 6.45) is 0. The molecule has 2 aromatic carbocycles. The number of ketones is 1. The van der Waals surface area contributed by atoms with Gasteiger partial charge < -0.3 is 9.84 Å². The lowest BCUT2D eigenvalue weighted by Gasteiger charge is -2.23. The average molecular weight is 435 g/mol. The zero-order valence-electron chi connectivity index (χ0n) is 17.7. The Hall–Kier alpha value is -3.45. The van der Waals surface area contributed by atoms with Crippen LogP contribution < -0.4 is 9.64 Å². The molecule has 1 saturated heterocycles. The molecule has 1 aliphatic rings. The van der Waals surface area contributed by atoms with E-state index in [4.69, 9.17) is 4.74 Å². The first-order chi connectivity index (χ1) is 14.8. The van der Waals surface area contributed by atoms with Gasteiger partial charge in [-0.1, -0.05) is 42.0 Å². The van der Waals surface area contributed by atoms with Gasteiger partial charge in [0.25, 0.3) is 5.78 Å². The number of carbonyl (C=O) groups is 2. The van der Waals surface area contributed by atoms with Crippen LogP contribution in [-0.4, -0.2) is 28.9 Å². The standard InChI is InChI=1S/C24H22N2O4S/c1-13-5-7-17(8-6-13)21(27)19-20(16-9-11-18(30-4)12-10-16)26(23(29)22(19)28)24-25-14(2)15(3)31-24/h5-12,20,27H,1-4H3/b21-19+. The number of rotatable bonds is 4. The van der Waals surface area contributed by atoms with E-state index in [1.807, 2.05) is 32.9 Å². The molecule has 1 aliphatic heterocycles. The largest absolute Gasteiger partial charge is 0.507 e. The van der Waals surface area contributed by atoms with Crippen LogP contribution in [0.3, 0.4) is 0 Å². The molecule has 1 N–H and O–H groups in total. The molecule has 3 aromatic rings. The summed E-state index contributed by atoms with van der Waals surface area (Å²) in [5, 5.41) is 11.5. The summed E-state index contributed by atoms with van der Waals surface area (Å²) in [6.45, 7) is 5.72. The Morgan fingerprint density at radius 2 is 1.68 bits per heavy atom. The van der Waals surface area contributed by atoms with Gasteiger partial charge in [-0.2, -0.15) is 0 Å². The molecule has 7 heteroatoms. The molecule has 0 saturated carbocycles. The third kappa shape index (κ3) is 3.61. The van der Waals surface area contributed by atoms with E-state index in [2.05, 4.69) is 4.98 Å². The fourth-order valence-electron chi connectivity index (χ4n) is 3.56. The van der Waals surface area contributed by atoms with Gasteiger partial charge in [0.1, 0.15) is 11.5 Å². The van der Waals surface area contributed by atoms with Gasteiger partial charge in [0, 0.05) is 10.4 Å². The quantitative estimate of drug-likeness (QED) is 0.366. The molecular formula is C24H22N2O4S. The van der Waals surface area contributed by atoms with Crippen LogP contribution in [0.1, 0.15) is 33.3 Å². The number of hydrogen-bond acceptors (Lipinski definition) is 6. The Kier molecular flexibility index (Phi) is 5.37. The third-order valence-electron chi connectivity index (χ3n) is 5.42. The number of aliphatic hydroxyl groups is 1. The predicted molar refractivity (Wildman–Crippen MR) is 121 cm³/mol. The van der Waals surface area contributed by atoms with Crippen molar-refractivity contribution in [3.63, 3.8) is 0 Å². The molecule has 31 heavy (non-hydrogen) atoms. The number of Topliss-reactive ketones (excluding diaryl/α,β-unsaturated/α-hetero) is 1. The highest BCUT2D eigenvalue weighted by atomic mass is 32.1. The number of ether oxygens (including phenoxy) is 1. The lowest BCUT2D eigenvalue weighted by molar-refractivity contribution is -0.132. The Labute approximate surface area is 184 Å². The molecule has 1 fully saturated rings. The zero-order chi connectivity index (χ0) is 22.3. The summed E-state index contributed by atoms with van der Waals surface area (Å²) in [5.41, 5.74) is 3.03. The molecule has 1 amide bonds. The lowest BCUT2D eigenvalue weighted by atomic mass is 9.95. The van der Waals surface area contributed by atoms with Gasteiger partial charge in [-0.3, -0.25) is 14.5 Å². The van der Waals surface area contributed by atoms with E-state index in [1.165, 1.54) is 16.2 Å². The van der Waals surface area contributed by atoms with E-state index in [-0.39, 0.29) is 11.3 Å². The molecule has 2 heterocycles. The number of carbonyl (C=O) groups excluding carboxylic acids is 2. The lowest BCUT2D eigenvalue weighted by Crippen LogP contribution is -2.29. The van der Waals surface area contributed by atoms with Crippen LogP contribution in [0, 0.1) is 20.8 Å². The number of amides is 1. The van der Waals surface area contributed by atoms with Crippen molar-refractivity contribution in [2.24, 2.45) is 0 Å². The maximum absolute atomic E-state index is 13.1. The zero-order valence-corrected chi connectivity index (χ0v) is 18.5. The van der Waals surface area contributed by atoms with Crippen molar-refractivity contribution in [1.82, 2.24) is 4.98 Å². The van der Waals surface area contributed by atoms with Crippen LogP contribution in [0.2, 0.25) is 0 Å². The first-order valence-corrected chi connectivity index (χ1v) is 10.6. The second-order valence-electron chi connectivity index (χ2n) is 7.45. The molecule has 0 spiro atoms. The van der Waals surface area contributed by atoms with Crippen molar-refractivity contribution < 1.29 is 19.4 Å². The Morgan fingerprint density at radius 1 is 1.03 bits per heavy atom. The molecule has 4 rings (SSSR count). The van der Waals surface area contributed by atoms with E-state index in [9.17, 15) is 14.7 Å². The molecule has 0 bridgehead atoms. The van der Waals surface area contributed by atoms with Crippen LogP contribution in [0.4, 0.5) is 5.13 Å². The number of aromatic nitrogens is 1. The van der Waals surface area contributed by atoms with Gasteiger partial charge in [0.05, 0.1) is 24.4 Å². The van der Waals surface area contributed by atoms with Crippen molar-refractivity contribution in [3.8, 4) is 5.75 Å². The summed E-state index contributed by atoms with van der Waals surface area (Å²) in [5.74, 6) is -0.987. The summed E-state index contributed by atoms with van der Waals surface area (Å²) in [6, 6.07) is 13.5. The van der Waals surface area contributed by atoms with Gasteiger partial charge in [0.2, 0.25) is 0 Å². The van der Waals surface area contributed by atoms with Gasteiger partial charge in [-0.15, -0.1) is 11.3 Å². The maximum atomic E-state index is 13.1. The number of nitrogens with zero attached hydrogens (tertiary/aromatic N) is 2. The van der Waals surface area contributed by atoms with Crippen molar-refractivity contribution in [2.45, 2.75) is 26.8 Å². The predicted octanol–water partition coefficient (Wildman–Crippen LogP) is 4.70. The van der Waals surface area contributed by atoms with E-state index in [1.54, 1.807) is 43.5 Å².